The number of hydrogen-bond donors (Lipinski definition) is 1. The molecule has 1 saturated heterocycles. The van der Waals surface area contributed by atoms with Gasteiger partial charge in [-0.15, -0.1) is 0 Å². The molecule has 6 heteroatoms. The SMILES string of the molecule is CC(C)(C)OC(=O)NC1CCC(CN2CCC(C=O)CC2=O)CC1. The number of nitrogens with one attached hydrogen (secondary N) is 1. The van der Waals surface area contributed by atoms with E-state index in [1.807, 2.05) is 25.7 Å². The molecule has 136 valence electrons. The van der Waals surface area contributed by atoms with Gasteiger partial charge in [0.1, 0.15) is 11.9 Å². The second-order valence-corrected chi connectivity index (χ2v) is 8.09. The van der Waals surface area contributed by atoms with E-state index >= 15 is 0 Å². The Morgan fingerprint density at radius 1 is 1.25 bits per heavy atom. The lowest BCUT2D eigenvalue weighted by atomic mass is 9.85. The lowest BCUT2D eigenvalue weighted by molar-refractivity contribution is -0.137. The topological polar surface area (TPSA) is 75.7 Å². The molecule has 1 atom stereocenters. The van der Waals surface area contributed by atoms with Gasteiger partial charge in [0, 0.05) is 31.5 Å². The van der Waals surface area contributed by atoms with Crippen LogP contribution in [0.15, 0.2) is 0 Å². The fourth-order valence-electron chi connectivity index (χ4n) is 3.49. The smallest absolute Gasteiger partial charge is 0.407 e. The largest absolute Gasteiger partial charge is 0.444 e. The predicted molar refractivity (Wildman–Crippen MR) is 90.5 cm³/mol. The molecule has 2 amide bonds. The van der Waals surface area contributed by atoms with Crippen molar-refractivity contribution in [3.63, 3.8) is 0 Å². The normalized spacial score (nSPS) is 28.4. The molecule has 0 bridgehead atoms. The molecule has 0 spiro atoms. The summed E-state index contributed by atoms with van der Waals surface area (Å²) in [5, 5.41) is 2.94. The van der Waals surface area contributed by atoms with E-state index in [0.29, 0.717) is 18.9 Å². The summed E-state index contributed by atoms with van der Waals surface area (Å²) in [6.45, 7) is 7.04. The number of carbonyl (C=O) groups is 3. The lowest BCUT2D eigenvalue weighted by Gasteiger charge is -2.35. The highest BCUT2D eigenvalue weighted by atomic mass is 16.6. The van der Waals surface area contributed by atoms with Crippen molar-refractivity contribution in [1.29, 1.82) is 0 Å². The quantitative estimate of drug-likeness (QED) is 0.799. The maximum absolute atomic E-state index is 12.1. The van der Waals surface area contributed by atoms with Gasteiger partial charge in [0.2, 0.25) is 5.91 Å². The molecule has 2 fully saturated rings. The summed E-state index contributed by atoms with van der Waals surface area (Å²) in [4.78, 5) is 36.6. The molecule has 0 aromatic rings. The van der Waals surface area contributed by atoms with E-state index in [-0.39, 0.29) is 24.0 Å². The summed E-state index contributed by atoms with van der Waals surface area (Å²) >= 11 is 0. The third-order valence-electron chi connectivity index (χ3n) is 4.80. The number of ether oxygens (including phenoxy) is 1. The van der Waals surface area contributed by atoms with Crippen LogP contribution in [0.2, 0.25) is 0 Å². The molecule has 24 heavy (non-hydrogen) atoms. The van der Waals surface area contributed by atoms with E-state index in [0.717, 1.165) is 44.9 Å². The van der Waals surface area contributed by atoms with Gasteiger partial charge in [0.25, 0.3) is 0 Å². The number of alkyl carbamates (subject to hydrolysis) is 1. The molecule has 1 unspecified atom stereocenters. The number of amides is 2. The number of carbonyl (C=O) groups excluding carboxylic acids is 3. The molecule has 0 aromatic heterocycles. The summed E-state index contributed by atoms with van der Waals surface area (Å²) in [7, 11) is 0. The molecule has 2 rings (SSSR count). The van der Waals surface area contributed by atoms with Gasteiger partial charge in [-0.3, -0.25) is 4.79 Å². The fourth-order valence-corrected chi connectivity index (χ4v) is 3.49. The maximum atomic E-state index is 12.1. The summed E-state index contributed by atoms with van der Waals surface area (Å²) in [5.74, 6) is 0.494. The highest BCUT2D eigenvalue weighted by molar-refractivity contribution is 5.80. The second-order valence-electron chi connectivity index (χ2n) is 8.09. The Kier molecular flexibility index (Phi) is 6.24. The van der Waals surface area contributed by atoms with E-state index in [1.165, 1.54) is 0 Å². The van der Waals surface area contributed by atoms with Crippen molar-refractivity contribution in [2.45, 2.75) is 70.9 Å². The van der Waals surface area contributed by atoms with Crippen LogP contribution < -0.4 is 5.32 Å². The number of hydrogen-bond acceptors (Lipinski definition) is 4. The molecule has 2 aliphatic rings. The minimum absolute atomic E-state index is 0.0949. The Balaban J connectivity index is 1.70. The van der Waals surface area contributed by atoms with Crippen molar-refractivity contribution in [1.82, 2.24) is 10.2 Å². The van der Waals surface area contributed by atoms with Crippen LogP contribution in [0.25, 0.3) is 0 Å². The zero-order valence-electron chi connectivity index (χ0n) is 15.0. The van der Waals surface area contributed by atoms with Gasteiger partial charge in [-0.25, -0.2) is 4.79 Å². The standard InChI is InChI=1S/C18H30N2O4/c1-18(2,3)24-17(23)19-15-6-4-13(5-7-15)11-20-9-8-14(12-21)10-16(20)22/h12-15H,4-11H2,1-3H3,(H,19,23). The lowest BCUT2D eigenvalue weighted by Crippen LogP contribution is -2.44. The molecule has 1 aliphatic carbocycles. The summed E-state index contributed by atoms with van der Waals surface area (Å²) in [5.41, 5.74) is -0.477. The van der Waals surface area contributed by atoms with Crippen molar-refractivity contribution < 1.29 is 19.1 Å². The van der Waals surface area contributed by atoms with Crippen LogP contribution in [-0.4, -0.2) is 47.9 Å². The number of rotatable bonds is 4. The van der Waals surface area contributed by atoms with Crippen LogP contribution in [0.1, 0.15) is 59.3 Å². The van der Waals surface area contributed by atoms with E-state index in [9.17, 15) is 14.4 Å². The minimum Gasteiger partial charge on any atom is -0.444 e. The Hall–Kier alpha value is -1.59. The molecule has 1 aliphatic heterocycles. The van der Waals surface area contributed by atoms with Gasteiger partial charge in [-0.1, -0.05) is 0 Å². The average Bonchev–Trinajstić information content (AvgIpc) is 2.49. The highest BCUT2D eigenvalue weighted by Crippen LogP contribution is 2.27. The van der Waals surface area contributed by atoms with Crippen molar-refractivity contribution in [2.75, 3.05) is 13.1 Å². The number of piperidine rings is 1. The molecule has 1 saturated carbocycles. The third kappa shape index (κ3) is 5.80. The van der Waals surface area contributed by atoms with Crippen LogP contribution in [-0.2, 0) is 14.3 Å². The Morgan fingerprint density at radius 3 is 2.46 bits per heavy atom. The zero-order chi connectivity index (χ0) is 17.7. The van der Waals surface area contributed by atoms with Crippen LogP contribution >= 0.6 is 0 Å². The summed E-state index contributed by atoms with van der Waals surface area (Å²) in [6.07, 6.45) is 5.54. The maximum Gasteiger partial charge on any atom is 0.407 e. The van der Waals surface area contributed by atoms with Crippen molar-refractivity contribution in [3.8, 4) is 0 Å². The van der Waals surface area contributed by atoms with Crippen LogP contribution in [0, 0.1) is 11.8 Å². The van der Waals surface area contributed by atoms with E-state index in [4.69, 9.17) is 4.74 Å². The van der Waals surface area contributed by atoms with E-state index < -0.39 is 5.60 Å². The van der Waals surface area contributed by atoms with E-state index in [1.54, 1.807) is 0 Å². The van der Waals surface area contributed by atoms with E-state index in [2.05, 4.69) is 5.32 Å². The zero-order valence-corrected chi connectivity index (χ0v) is 15.0. The number of likely N-dealkylation sites (tertiary alicyclic amines) is 1. The Labute approximate surface area is 144 Å². The second kappa shape index (κ2) is 7.99. The highest BCUT2D eigenvalue weighted by Gasteiger charge is 2.30. The van der Waals surface area contributed by atoms with Gasteiger partial charge in [0.15, 0.2) is 0 Å². The average molecular weight is 338 g/mol. The summed E-state index contributed by atoms with van der Waals surface area (Å²) in [6, 6.07) is 0.160. The first-order chi connectivity index (χ1) is 11.3. The number of nitrogens with zero attached hydrogens (tertiary/aromatic N) is 1. The first-order valence-corrected chi connectivity index (χ1v) is 8.99. The molecule has 0 radical (unpaired) electrons. The molecule has 6 nitrogen and oxygen atoms in total. The van der Waals surface area contributed by atoms with Gasteiger partial charge >= 0.3 is 6.09 Å². The van der Waals surface area contributed by atoms with Gasteiger partial charge in [-0.05, 0) is 58.8 Å². The van der Waals surface area contributed by atoms with Crippen LogP contribution in [0.4, 0.5) is 4.79 Å². The summed E-state index contributed by atoms with van der Waals surface area (Å²) < 4.78 is 5.29. The molecule has 1 N–H and O–H groups in total. The van der Waals surface area contributed by atoms with Crippen molar-refractivity contribution >= 4 is 18.3 Å². The number of aldehydes is 1. The van der Waals surface area contributed by atoms with Crippen molar-refractivity contribution in [2.24, 2.45) is 11.8 Å². The van der Waals surface area contributed by atoms with Crippen LogP contribution in [0.5, 0.6) is 0 Å². The van der Waals surface area contributed by atoms with Gasteiger partial charge in [0.05, 0.1) is 0 Å². The monoisotopic (exact) mass is 338 g/mol. The predicted octanol–water partition coefficient (Wildman–Crippen LogP) is 2.51. The molecule has 1 heterocycles. The first kappa shape index (κ1) is 18.7. The Bertz CT molecular complexity index is 464. The third-order valence-corrected chi connectivity index (χ3v) is 4.80. The molecule has 0 aromatic carbocycles. The fraction of sp³-hybridized carbons (Fsp3) is 0.833. The molecular weight excluding hydrogens is 308 g/mol. The first-order valence-electron chi connectivity index (χ1n) is 8.99. The van der Waals surface area contributed by atoms with Gasteiger partial charge < -0.3 is 19.7 Å². The van der Waals surface area contributed by atoms with Crippen molar-refractivity contribution in [3.05, 3.63) is 0 Å². The Morgan fingerprint density at radius 2 is 1.92 bits per heavy atom. The minimum atomic E-state index is -0.477. The van der Waals surface area contributed by atoms with Crippen LogP contribution in [0.3, 0.4) is 0 Å². The molecular formula is C18H30N2O4. The van der Waals surface area contributed by atoms with Gasteiger partial charge in [-0.2, -0.15) is 0 Å².